The fourth-order valence-corrected chi connectivity index (χ4v) is 2.96. The molecule has 0 aromatic heterocycles. The summed E-state index contributed by atoms with van der Waals surface area (Å²) in [6.07, 6.45) is -4.68. The van der Waals surface area contributed by atoms with Gasteiger partial charge in [-0.2, -0.15) is 13.2 Å². The molecule has 1 aliphatic heterocycles. The van der Waals surface area contributed by atoms with Crippen LogP contribution < -0.4 is 10.1 Å². The second-order valence-corrected chi connectivity index (χ2v) is 6.28. The molecule has 2 N–H and O–H groups in total. The minimum Gasteiger partial charge on any atom is -0.493 e. The van der Waals surface area contributed by atoms with Gasteiger partial charge in [-0.1, -0.05) is 17.7 Å². The standard InChI is InChI=1S/C16H18ClF3N2O4/c1-2-26-13-5-10(17)4-3-9(13)6-21-15(25)22-7-11(14(23)24)12(8-22)16(18,19)20/h3-5,11-12H,2,6-8H2,1H3,(H,21,25)(H,23,24)/t11-,12-/m1/s1. The maximum absolute atomic E-state index is 13.0. The zero-order chi connectivity index (χ0) is 19.5. The lowest BCUT2D eigenvalue weighted by Crippen LogP contribution is -2.39. The Kier molecular flexibility index (Phi) is 6.22. The Labute approximate surface area is 152 Å². The van der Waals surface area contributed by atoms with E-state index in [4.69, 9.17) is 21.4 Å². The van der Waals surface area contributed by atoms with Crippen molar-refractivity contribution in [1.82, 2.24) is 10.2 Å². The van der Waals surface area contributed by atoms with E-state index in [-0.39, 0.29) is 6.54 Å². The van der Waals surface area contributed by atoms with Crippen LogP contribution in [0.3, 0.4) is 0 Å². The van der Waals surface area contributed by atoms with Crippen molar-refractivity contribution >= 4 is 23.6 Å². The predicted molar refractivity (Wildman–Crippen MR) is 87.1 cm³/mol. The van der Waals surface area contributed by atoms with Gasteiger partial charge in [-0.25, -0.2) is 4.79 Å². The third-order valence-electron chi connectivity index (χ3n) is 4.10. The van der Waals surface area contributed by atoms with E-state index >= 15 is 0 Å². The molecule has 0 spiro atoms. The quantitative estimate of drug-likeness (QED) is 0.804. The second-order valence-electron chi connectivity index (χ2n) is 5.84. The molecule has 0 bridgehead atoms. The van der Waals surface area contributed by atoms with Crippen molar-refractivity contribution in [2.75, 3.05) is 19.7 Å². The fourth-order valence-electron chi connectivity index (χ4n) is 2.80. The van der Waals surface area contributed by atoms with Crippen molar-refractivity contribution in [3.8, 4) is 5.75 Å². The number of benzene rings is 1. The van der Waals surface area contributed by atoms with Crippen molar-refractivity contribution in [3.05, 3.63) is 28.8 Å². The van der Waals surface area contributed by atoms with Crippen LogP contribution in [-0.2, 0) is 11.3 Å². The lowest BCUT2D eigenvalue weighted by molar-refractivity contribution is -0.187. The van der Waals surface area contributed by atoms with Crippen LogP contribution in [0.1, 0.15) is 12.5 Å². The summed E-state index contributed by atoms with van der Waals surface area (Å²) < 4.78 is 44.4. The number of hydrogen-bond donors (Lipinski definition) is 2. The molecule has 1 aromatic rings. The lowest BCUT2D eigenvalue weighted by atomic mass is 9.96. The van der Waals surface area contributed by atoms with Gasteiger partial charge in [0.1, 0.15) is 5.75 Å². The number of amides is 2. The van der Waals surface area contributed by atoms with Crippen molar-refractivity contribution in [3.63, 3.8) is 0 Å². The van der Waals surface area contributed by atoms with E-state index in [0.717, 1.165) is 4.90 Å². The average molecular weight is 395 g/mol. The molecule has 6 nitrogen and oxygen atoms in total. The first-order chi connectivity index (χ1) is 12.1. The van der Waals surface area contributed by atoms with Gasteiger partial charge >= 0.3 is 18.2 Å². The highest BCUT2D eigenvalue weighted by Crippen LogP contribution is 2.37. The number of urea groups is 1. The Morgan fingerprint density at radius 1 is 1.38 bits per heavy atom. The van der Waals surface area contributed by atoms with Crippen LogP contribution in [0.5, 0.6) is 5.75 Å². The molecule has 1 aliphatic rings. The van der Waals surface area contributed by atoms with Crippen LogP contribution in [0, 0.1) is 11.8 Å². The smallest absolute Gasteiger partial charge is 0.394 e. The van der Waals surface area contributed by atoms with E-state index in [1.54, 1.807) is 25.1 Å². The minimum absolute atomic E-state index is 0.0102. The average Bonchev–Trinajstić information content (AvgIpc) is 3.00. The number of hydrogen-bond acceptors (Lipinski definition) is 3. The van der Waals surface area contributed by atoms with Crippen LogP contribution in [0.25, 0.3) is 0 Å². The van der Waals surface area contributed by atoms with Gasteiger partial charge in [0.05, 0.1) is 18.4 Å². The van der Waals surface area contributed by atoms with Gasteiger partial charge in [-0.3, -0.25) is 4.79 Å². The summed E-state index contributed by atoms with van der Waals surface area (Å²) in [5.74, 6) is -4.87. The molecule has 0 radical (unpaired) electrons. The summed E-state index contributed by atoms with van der Waals surface area (Å²) in [5.41, 5.74) is 0.603. The minimum atomic E-state index is -4.68. The number of nitrogens with zero attached hydrogens (tertiary/aromatic N) is 1. The first-order valence-corrected chi connectivity index (χ1v) is 8.24. The van der Waals surface area contributed by atoms with E-state index in [2.05, 4.69) is 5.32 Å². The van der Waals surface area contributed by atoms with Crippen LogP contribution in [0.4, 0.5) is 18.0 Å². The zero-order valence-electron chi connectivity index (χ0n) is 13.8. The van der Waals surface area contributed by atoms with Gasteiger partial charge in [0.2, 0.25) is 0 Å². The summed E-state index contributed by atoms with van der Waals surface area (Å²) in [6, 6.07) is 4.04. The molecule has 1 saturated heterocycles. The molecule has 26 heavy (non-hydrogen) atoms. The Hall–Kier alpha value is -2.16. The lowest BCUT2D eigenvalue weighted by Gasteiger charge is -2.19. The molecule has 144 valence electrons. The number of aliphatic carboxylic acids is 1. The summed E-state index contributed by atoms with van der Waals surface area (Å²) in [4.78, 5) is 24.1. The number of halogens is 4. The molecule has 2 atom stereocenters. The van der Waals surface area contributed by atoms with E-state index in [9.17, 15) is 22.8 Å². The second kappa shape index (κ2) is 8.03. The normalized spacial score (nSPS) is 20.1. The Morgan fingerprint density at radius 3 is 2.62 bits per heavy atom. The predicted octanol–water partition coefficient (Wildman–Crippen LogP) is 3.14. The number of carboxylic acids is 1. The van der Waals surface area contributed by atoms with Crippen LogP contribution in [0.2, 0.25) is 5.02 Å². The molecule has 10 heteroatoms. The molecule has 0 aliphatic carbocycles. The molecular weight excluding hydrogens is 377 g/mol. The highest BCUT2D eigenvalue weighted by Gasteiger charge is 2.53. The van der Waals surface area contributed by atoms with E-state index in [1.165, 1.54) is 0 Å². The number of carboxylic acid groups (broad SMARTS) is 1. The van der Waals surface area contributed by atoms with Crippen molar-refractivity contribution < 1.29 is 32.6 Å². The van der Waals surface area contributed by atoms with E-state index in [0.29, 0.717) is 22.9 Å². The number of ether oxygens (including phenoxy) is 1. The van der Waals surface area contributed by atoms with Gasteiger partial charge in [0, 0.05) is 30.2 Å². The molecule has 1 fully saturated rings. The fraction of sp³-hybridized carbons (Fsp3) is 0.500. The van der Waals surface area contributed by atoms with Crippen LogP contribution in [-0.4, -0.2) is 47.9 Å². The van der Waals surface area contributed by atoms with Gasteiger partial charge in [0.15, 0.2) is 0 Å². The first kappa shape index (κ1) is 20.2. The molecule has 1 aromatic carbocycles. The summed E-state index contributed by atoms with van der Waals surface area (Å²) in [6.45, 7) is 0.976. The van der Waals surface area contributed by atoms with Gasteiger partial charge in [-0.15, -0.1) is 0 Å². The third-order valence-corrected chi connectivity index (χ3v) is 4.34. The van der Waals surface area contributed by atoms with Crippen molar-refractivity contribution in [1.29, 1.82) is 0 Å². The number of carbonyl (C=O) groups is 2. The zero-order valence-corrected chi connectivity index (χ0v) is 14.6. The molecule has 0 unspecified atom stereocenters. The number of likely N-dealkylation sites (tertiary alicyclic amines) is 1. The molecule has 2 rings (SSSR count). The summed E-state index contributed by atoms with van der Waals surface area (Å²) >= 11 is 5.89. The topological polar surface area (TPSA) is 78.9 Å². The largest absolute Gasteiger partial charge is 0.493 e. The van der Waals surface area contributed by atoms with E-state index < -0.39 is 43.1 Å². The number of carbonyl (C=O) groups excluding carboxylic acids is 1. The van der Waals surface area contributed by atoms with Gasteiger partial charge < -0.3 is 20.1 Å². The molecule has 2 amide bonds. The summed E-state index contributed by atoms with van der Waals surface area (Å²) in [5, 5.41) is 11.9. The highest BCUT2D eigenvalue weighted by atomic mass is 35.5. The number of alkyl halides is 3. The Balaban J connectivity index is 2.04. The number of nitrogens with one attached hydrogen (secondary N) is 1. The Bertz CT molecular complexity index is 684. The summed E-state index contributed by atoms with van der Waals surface area (Å²) in [7, 11) is 0. The van der Waals surface area contributed by atoms with Crippen LogP contribution in [0.15, 0.2) is 18.2 Å². The SMILES string of the molecule is CCOc1cc(Cl)ccc1CNC(=O)N1C[C@@H](C(F)(F)F)[C@H](C(=O)O)C1. The Morgan fingerprint density at radius 2 is 2.08 bits per heavy atom. The monoisotopic (exact) mass is 394 g/mol. The van der Waals surface area contributed by atoms with E-state index in [1.807, 2.05) is 0 Å². The van der Waals surface area contributed by atoms with Gasteiger partial charge in [0.25, 0.3) is 0 Å². The molecule has 1 heterocycles. The molecule has 0 saturated carbocycles. The van der Waals surface area contributed by atoms with Crippen molar-refractivity contribution in [2.24, 2.45) is 11.8 Å². The maximum Gasteiger partial charge on any atom is 0.394 e. The molecular formula is C16H18ClF3N2O4. The number of rotatable bonds is 5. The highest BCUT2D eigenvalue weighted by molar-refractivity contribution is 6.30. The van der Waals surface area contributed by atoms with Crippen LogP contribution >= 0.6 is 11.6 Å². The first-order valence-electron chi connectivity index (χ1n) is 7.87. The van der Waals surface area contributed by atoms with Gasteiger partial charge in [-0.05, 0) is 19.1 Å². The van der Waals surface area contributed by atoms with Crippen molar-refractivity contribution in [2.45, 2.75) is 19.6 Å². The maximum atomic E-state index is 13.0. The third kappa shape index (κ3) is 4.72.